The predicted octanol–water partition coefficient (Wildman–Crippen LogP) is 10.2. The molecule has 280 valence electrons. The molecule has 0 fully saturated rings. The minimum atomic E-state index is -4.34. The van der Waals surface area contributed by atoms with E-state index in [1.165, 1.54) is 77.0 Å². The van der Waals surface area contributed by atoms with Crippen molar-refractivity contribution in [1.82, 2.24) is 5.32 Å². The Morgan fingerprint density at radius 2 is 1.17 bits per heavy atom. The van der Waals surface area contributed by atoms with Crippen molar-refractivity contribution in [2.45, 2.75) is 174 Å². The Hall–Kier alpha value is -1.54. The fourth-order valence-electron chi connectivity index (χ4n) is 5.18. The standard InChI is InChI=1S/C39H73N2O6P/c1-3-5-7-9-11-13-15-17-19-21-23-25-27-29-31-33-39(43)41-37(36-47-48(44,45)46-35-34-40)38(42)32-30-28-26-24-22-20-18-16-14-12-10-8-6-4-2/h11,13,17,19,22,24,30,32,37-38,42H,3-10,12,14-16,18,20-21,23,25-29,31,33-36,40H2,1-2H3,(H,41,43)(H,44,45)/b13-11-,19-17-,24-22+,32-30+. The smallest absolute Gasteiger partial charge is 0.387 e. The van der Waals surface area contributed by atoms with Gasteiger partial charge in [-0.05, 0) is 64.2 Å². The van der Waals surface area contributed by atoms with Crippen LogP contribution in [0, 0.1) is 0 Å². The van der Waals surface area contributed by atoms with Gasteiger partial charge in [-0.1, -0.05) is 140 Å². The molecule has 0 saturated heterocycles. The number of aliphatic hydroxyl groups is 1. The van der Waals surface area contributed by atoms with Gasteiger partial charge in [-0.3, -0.25) is 13.8 Å². The molecule has 1 amide bonds. The van der Waals surface area contributed by atoms with E-state index >= 15 is 0 Å². The molecule has 5 N–H and O–H groups in total. The number of hydrogen-bond donors (Lipinski definition) is 4. The van der Waals surface area contributed by atoms with Gasteiger partial charge in [0.25, 0.3) is 0 Å². The van der Waals surface area contributed by atoms with Crippen LogP contribution >= 0.6 is 7.82 Å². The number of unbranched alkanes of at least 4 members (excludes halogenated alkanes) is 17. The number of carbonyl (C=O) groups excluding carboxylic acids is 1. The quantitative estimate of drug-likeness (QED) is 0.0295. The Bertz CT molecular complexity index is 892. The van der Waals surface area contributed by atoms with Gasteiger partial charge in [0.2, 0.25) is 5.91 Å². The minimum absolute atomic E-state index is 0.0700. The van der Waals surface area contributed by atoms with Crippen LogP contribution in [0.4, 0.5) is 0 Å². The zero-order valence-electron chi connectivity index (χ0n) is 30.7. The van der Waals surface area contributed by atoms with E-state index in [9.17, 15) is 19.4 Å². The van der Waals surface area contributed by atoms with Gasteiger partial charge in [0.05, 0.1) is 25.4 Å². The molecule has 0 radical (unpaired) electrons. The van der Waals surface area contributed by atoms with E-state index in [1.807, 2.05) is 6.08 Å². The number of aliphatic hydroxyl groups excluding tert-OH is 1. The van der Waals surface area contributed by atoms with E-state index in [4.69, 9.17) is 14.8 Å². The molecule has 48 heavy (non-hydrogen) atoms. The Kier molecular flexibility index (Phi) is 34.2. The normalized spacial score (nSPS) is 14.9. The molecule has 0 saturated carbocycles. The molecular formula is C39H73N2O6P. The highest BCUT2D eigenvalue weighted by atomic mass is 31.2. The zero-order valence-corrected chi connectivity index (χ0v) is 31.6. The third-order valence-corrected chi connectivity index (χ3v) is 9.11. The monoisotopic (exact) mass is 697 g/mol. The van der Waals surface area contributed by atoms with Crippen LogP contribution in [0.25, 0.3) is 0 Å². The van der Waals surface area contributed by atoms with Crippen molar-refractivity contribution in [3.05, 3.63) is 48.6 Å². The maximum Gasteiger partial charge on any atom is 0.472 e. The third kappa shape index (κ3) is 33.0. The van der Waals surface area contributed by atoms with Crippen LogP contribution < -0.4 is 11.1 Å². The molecule has 0 aliphatic rings. The summed E-state index contributed by atoms with van der Waals surface area (Å²) in [4.78, 5) is 22.6. The Balaban J connectivity index is 4.40. The summed E-state index contributed by atoms with van der Waals surface area (Å²) in [6, 6.07) is -0.883. The van der Waals surface area contributed by atoms with Crippen molar-refractivity contribution in [2.24, 2.45) is 5.73 Å². The fraction of sp³-hybridized carbons (Fsp3) is 0.769. The molecule has 0 aliphatic heterocycles. The van der Waals surface area contributed by atoms with Crippen LogP contribution in [0.3, 0.4) is 0 Å². The summed E-state index contributed by atoms with van der Waals surface area (Å²) in [5.41, 5.74) is 5.35. The number of rotatable bonds is 35. The van der Waals surface area contributed by atoms with E-state index in [1.54, 1.807) is 6.08 Å². The van der Waals surface area contributed by atoms with Gasteiger partial charge < -0.3 is 21.1 Å². The molecule has 0 aromatic heterocycles. The second kappa shape index (κ2) is 35.3. The summed E-state index contributed by atoms with van der Waals surface area (Å²) in [6.45, 7) is 4.05. The fourth-order valence-corrected chi connectivity index (χ4v) is 5.94. The first-order valence-corrected chi connectivity index (χ1v) is 20.8. The van der Waals surface area contributed by atoms with Gasteiger partial charge in [0.1, 0.15) is 0 Å². The number of amides is 1. The maximum atomic E-state index is 12.7. The van der Waals surface area contributed by atoms with Crippen molar-refractivity contribution in [3.63, 3.8) is 0 Å². The first-order chi connectivity index (χ1) is 23.4. The molecule has 0 rings (SSSR count). The van der Waals surface area contributed by atoms with E-state index in [-0.39, 0.29) is 25.7 Å². The molecule has 0 bridgehead atoms. The highest BCUT2D eigenvalue weighted by Gasteiger charge is 2.26. The predicted molar refractivity (Wildman–Crippen MR) is 203 cm³/mol. The van der Waals surface area contributed by atoms with Crippen LogP contribution in [-0.2, 0) is 18.4 Å². The molecule has 3 atom stereocenters. The first-order valence-electron chi connectivity index (χ1n) is 19.3. The van der Waals surface area contributed by atoms with Crippen LogP contribution in [0.5, 0.6) is 0 Å². The second-order valence-corrected chi connectivity index (χ2v) is 14.2. The number of allylic oxidation sites excluding steroid dienone is 7. The van der Waals surface area contributed by atoms with Crippen molar-refractivity contribution < 1.29 is 28.4 Å². The van der Waals surface area contributed by atoms with Gasteiger partial charge in [-0.15, -0.1) is 0 Å². The highest BCUT2D eigenvalue weighted by Crippen LogP contribution is 2.43. The molecule has 8 nitrogen and oxygen atoms in total. The summed E-state index contributed by atoms with van der Waals surface area (Å²) in [5, 5.41) is 13.6. The van der Waals surface area contributed by atoms with Crippen molar-refractivity contribution in [1.29, 1.82) is 0 Å². The van der Waals surface area contributed by atoms with Crippen molar-refractivity contribution in [3.8, 4) is 0 Å². The molecule has 0 aliphatic carbocycles. The molecule has 0 spiro atoms. The zero-order chi connectivity index (χ0) is 35.4. The highest BCUT2D eigenvalue weighted by molar-refractivity contribution is 7.47. The largest absolute Gasteiger partial charge is 0.472 e. The summed E-state index contributed by atoms with van der Waals surface area (Å²) in [7, 11) is -4.34. The number of hydrogen-bond acceptors (Lipinski definition) is 6. The first kappa shape index (κ1) is 46.5. The van der Waals surface area contributed by atoms with E-state index in [0.29, 0.717) is 6.42 Å². The van der Waals surface area contributed by atoms with Crippen molar-refractivity contribution >= 4 is 13.7 Å². The Morgan fingerprint density at radius 1 is 0.688 bits per heavy atom. The van der Waals surface area contributed by atoms with Gasteiger partial charge in [0, 0.05) is 13.0 Å². The third-order valence-electron chi connectivity index (χ3n) is 8.13. The lowest BCUT2D eigenvalue weighted by Gasteiger charge is -2.23. The molecule has 0 heterocycles. The van der Waals surface area contributed by atoms with Crippen LogP contribution in [0.15, 0.2) is 48.6 Å². The number of carbonyl (C=O) groups is 1. The van der Waals surface area contributed by atoms with Crippen LogP contribution in [0.1, 0.15) is 162 Å². The van der Waals surface area contributed by atoms with E-state index < -0.39 is 20.0 Å². The topological polar surface area (TPSA) is 131 Å². The SMILES string of the molecule is CCCCC/C=C\C/C=C\CCCCCCCC(=O)NC(COP(=O)(O)OCCN)C(O)/C=C/CC/C=C/CCCCCCCCCC. The molecule has 9 heteroatoms. The molecule has 3 unspecified atom stereocenters. The molecule has 0 aromatic rings. The van der Waals surface area contributed by atoms with E-state index in [2.05, 4.69) is 55.6 Å². The maximum absolute atomic E-state index is 12.7. The molecule has 0 aromatic carbocycles. The van der Waals surface area contributed by atoms with Gasteiger partial charge in [-0.2, -0.15) is 0 Å². The van der Waals surface area contributed by atoms with Crippen molar-refractivity contribution in [2.75, 3.05) is 19.8 Å². The summed E-state index contributed by atoms with van der Waals surface area (Å²) >= 11 is 0. The van der Waals surface area contributed by atoms with Gasteiger partial charge >= 0.3 is 7.82 Å². The van der Waals surface area contributed by atoms with Crippen LogP contribution in [0.2, 0.25) is 0 Å². The van der Waals surface area contributed by atoms with Gasteiger partial charge in [0.15, 0.2) is 0 Å². The summed E-state index contributed by atoms with van der Waals surface area (Å²) in [5.74, 6) is -0.221. The number of nitrogens with one attached hydrogen (secondary N) is 1. The van der Waals surface area contributed by atoms with Crippen LogP contribution in [-0.4, -0.2) is 47.8 Å². The summed E-state index contributed by atoms with van der Waals surface area (Å²) in [6.07, 6.45) is 41.5. The Morgan fingerprint density at radius 3 is 1.77 bits per heavy atom. The average Bonchev–Trinajstić information content (AvgIpc) is 3.07. The number of phosphoric acid groups is 1. The lowest BCUT2D eigenvalue weighted by molar-refractivity contribution is -0.123. The average molecular weight is 697 g/mol. The lowest BCUT2D eigenvalue weighted by atomic mass is 10.1. The lowest BCUT2D eigenvalue weighted by Crippen LogP contribution is -2.45. The van der Waals surface area contributed by atoms with E-state index in [0.717, 1.165) is 64.2 Å². The number of phosphoric ester groups is 1. The second-order valence-electron chi connectivity index (χ2n) is 12.8. The minimum Gasteiger partial charge on any atom is -0.387 e. The number of nitrogens with two attached hydrogens (primary N) is 1. The molecular weight excluding hydrogens is 623 g/mol. The Labute approximate surface area is 294 Å². The van der Waals surface area contributed by atoms with Gasteiger partial charge in [-0.25, -0.2) is 4.57 Å². The summed E-state index contributed by atoms with van der Waals surface area (Å²) < 4.78 is 22.0.